The van der Waals surface area contributed by atoms with Crippen molar-refractivity contribution < 1.29 is 18.0 Å². The van der Waals surface area contributed by atoms with Gasteiger partial charge in [0, 0.05) is 37.3 Å². The molecule has 1 aliphatic heterocycles. The van der Waals surface area contributed by atoms with Gasteiger partial charge in [0.25, 0.3) is 0 Å². The van der Waals surface area contributed by atoms with E-state index in [0.29, 0.717) is 6.54 Å². The molecule has 29 heavy (non-hydrogen) atoms. The van der Waals surface area contributed by atoms with Gasteiger partial charge >= 0.3 is 6.18 Å². The Bertz CT molecular complexity index is 795. The lowest BCUT2D eigenvalue weighted by molar-refractivity contribution is -0.137. The zero-order chi connectivity index (χ0) is 21.0. The second-order valence-electron chi connectivity index (χ2n) is 7.90. The summed E-state index contributed by atoms with van der Waals surface area (Å²) in [5.74, 6) is 0.0396. The normalized spacial score (nSPS) is 16.2. The number of alkyl halides is 3. The number of carbonyl (C=O) groups excluding carboxylic acids is 1. The molecule has 1 fully saturated rings. The van der Waals surface area contributed by atoms with Gasteiger partial charge in [0.1, 0.15) is 0 Å². The number of carbonyl (C=O) groups is 1. The van der Waals surface area contributed by atoms with Crippen LogP contribution in [0.15, 0.2) is 54.6 Å². The second kappa shape index (κ2) is 8.99. The number of amides is 1. The minimum Gasteiger partial charge on any atom is -0.309 e. The van der Waals surface area contributed by atoms with Gasteiger partial charge in [-0.2, -0.15) is 13.2 Å². The fourth-order valence-electron chi connectivity index (χ4n) is 3.78. The molecular weight excluding hydrogens is 377 g/mol. The molecule has 0 aliphatic carbocycles. The molecule has 0 N–H and O–H groups in total. The molecule has 0 radical (unpaired) electrons. The Morgan fingerprint density at radius 2 is 1.62 bits per heavy atom. The number of para-hydroxylation sites is 1. The minimum atomic E-state index is -4.30. The van der Waals surface area contributed by atoms with Crippen LogP contribution in [0.5, 0.6) is 0 Å². The number of likely N-dealkylation sites (tertiary alicyclic amines) is 1. The van der Waals surface area contributed by atoms with Crippen molar-refractivity contribution in [2.75, 3.05) is 18.0 Å². The maximum absolute atomic E-state index is 12.8. The molecule has 156 valence electrons. The Morgan fingerprint density at radius 3 is 2.14 bits per heavy atom. The fraction of sp³-hybridized carbons (Fsp3) is 0.435. The number of anilines is 1. The SMILES string of the molecule is CC(C)C(=O)N(c1ccccc1)C1CCN(Cc2ccc(C(F)(F)F)cc2)CC1. The molecule has 2 aromatic rings. The number of hydrogen-bond acceptors (Lipinski definition) is 2. The lowest BCUT2D eigenvalue weighted by Gasteiger charge is -2.39. The molecule has 0 atom stereocenters. The van der Waals surface area contributed by atoms with Crippen LogP contribution in [0.1, 0.15) is 37.8 Å². The Morgan fingerprint density at radius 1 is 1.03 bits per heavy atom. The van der Waals surface area contributed by atoms with Crippen LogP contribution in [-0.2, 0) is 17.5 Å². The molecule has 3 nitrogen and oxygen atoms in total. The third-order valence-corrected chi connectivity index (χ3v) is 5.38. The summed E-state index contributed by atoms with van der Waals surface area (Å²) in [6.07, 6.45) is -2.62. The monoisotopic (exact) mass is 404 g/mol. The average Bonchev–Trinajstić information content (AvgIpc) is 2.70. The van der Waals surface area contributed by atoms with Crippen molar-refractivity contribution in [3.63, 3.8) is 0 Å². The molecule has 1 heterocycles. The van der Waals surface area contributed by atoms with Crippen LogP contribution in [0.2, 0.25) is 0 Å². The van der Waals surface area contributed by atoms with Gasteiger partial charge in [-0.25, -0.2) is 0 Å². The summed E-state index contributed by atoms with van der Waals surface area (Å²) in [7, 11) is 0. The Hall–Kier alpha value is -2.34. The van der Waals surface area contributed by atoms with Crippen LogP contribution in [0.3, 0.4) is 0 Å². The Balaban J connectivity index is 1.63. The summed E-state index contributed by atoms with van der Waals surface area (Å²) >= 11 is 0. The van der Waals surface area contributed by atoms with Crippen LogP contribution < -0.4 is 4.90 Å². The smallest absolute Gasteiger partial charge is 0.309 e. The quantitative estimate of drug-likeness (QED) is 0.670. The summed E-state index contributed by atoms with van der Waals surface area (Å²) in [5, 5.41) is 0. The van der Waals surface area contributed by atoms with Crippen molar-refractivity contribution >= 4 is 11.6 Å². The van der Waals surface area contributed by atoms with E-state index < -0.39 is 11.7 Å². The summed E-state index contributed by atoms with van der Waals surface area (Å²) in [5.41, 5.74) is 1.17. The highest BCUT2D eigenvalue weighted by Gasteiger charge is 2.31. The largest absolute Gasteiger partial charge is 0.416 e. The van der Waals surface area contributed by atoms with Crippen LogP contribution in [0, 0.1) is 5.92 Å². The number of nitrogens with zero attached hydrogens (tertiary/aromatic N) is 2. The van der Waals surface area contributed by atoms with Crippen LogP contribution in [-0.4, -0.2) is 29.9 Å². The van der Waals surface area contributed by atoms with Crippen molar-refractivity contribution in [2.45, 2.75) is 45.5 Å². The van der Waals surface area contributed by atoms with E-state index >= 15 is 0 Å². The molecule has 0 saturated carbocycles. The first-order valence-corrected chi connectivity index (χ1v) is 10.0. The molecule has 0 spiro atoms. The fourth-order valence-corrected chi connectivity index (χ4v) is 3.78. The van der Waals surface area contributed by atoms with Gasteiger partial charge in [-0.1, -0.05) is 44.2 Å². The van der Waals surface area contributed by atoms with E-state index in [4.69, 9.17) is 0 Å². The van der Waals surface area contributed by atoms with Crippen LogP contribution >= 0.6 is 0 Å². The molecule has 0 aromatic heterocycles. The van der Waals surface area contributed by atoms with E-state index in [0.717, 1.165) is 49.3 Å². The molecule has 2 aromatic carbocycles. The number of piperidine rings is 1. The van der Waals surface area contributed by atoms with Gasteiger partial charge in [-0.15, -0.1) is 0 Å². The van der Waals surface area contributed by atoms with Gasteiger partial charge in [0.05, 0.1) is 5.56 Å². The number of benzene rings is 2. The number of halogens is 3. The summed E-state index contributed by atoms with van der Waals surface area (Å²) in [6.45, 7) is 6.06. The Labute approximate surface area is 170 Å². The first-order valence-electron chi connectivity index (χ1n) is 10.0. The number of hydrogen-bond donors (Lipinski definition) is 0. The minimum absolute atomic E-state index is 0.0830. The molecule has 6 heteroatoms. The van der Waals surface area contributed by atoms with E-state index in [1.165, 1.54) is 0 Å². The average molecular weight is 404 g/mol. The van der Waals surface area contributed by atoms with Crippen LogP contribution in [0.25, 0.3) is 0 Å². The van der Waals surface area contributed by atoms with Gasteiger partial charge in [0.15, 0.2) is 0 Å². The summed E-state index contributed by atoms with van der Waals surface area (Å²) < 4.78 is 38.1. The zero-order valence-electron chi connectivity index (χ0n) is 16.8. The van der Waals surface area contributed by atoms with Crippen molar-refractivity contribution in [3.8, 4) is 0 Å². The first-order chi connectivity index (χ1) is 13.8. The maximum atomic E-state index is 12.8. The van der Waals surface area contributed by atoms with Gasteiger partial charge in [0.2, 0.25) is 5.91 Å². The standard InChI is InChI=1S/C23H27F3N2O/c1-17(2)22(29)28(20-6-4-3-5-7-20)21-12-14-27(15-13-21)16-18-8-10-19(11-9-18)23(24,25)26/h3-11,17,21H,12-16H2,1-2H3. The highest BCUT2D eigenvalue weighted by Crippen LogP contribution is 2.30. The predicted octanol–water partition coefficient (Wildman–Crippen LogP) is 5.36. The second-order valence-corrected chi connectivity index (χ2v) is 7.90. The van der Waals surface area contributed by atoms with E-state index in [2.05, 4.69) is 4.90 Å². The first kappa shape index (κ1) is 21.4. The van der Waals surface area contributed by atoms with E-state index in [9.17, 15) is 18.0 Å². The lowest BCUT2D eigenvalue weighted by atomic mass is 9.99. The molecule has 1 amide bonds. The van der Waals surface area contributed by atoms with Crippen molar-refractivity contribution in [3.05, 3.63) is 65.7 Å². The predicted molar refractivity (Wildman–Crippen MR) is 109 cm³/mol. The third kappa shape index (κ3) is 5.38. The summed E-state index contributed by atoms with van der Waals surface area (Å²) in [6, 6.07) is 15.3. The van der Waals surface area contributed by atoms with Crippen molar-refractivity contribution in [2.24, 2.45) is 5.92 Å². The number of rotatable bonds is 5. The summed E-state index contributed by atoms with van der Waals surface area (Å²) in [4.78, 5) is 17.0. The topological polar surface area (TPSA) is 23.6 Å². The van der Waals surface area contributed by atoms with Crippen LogP contribution in [0.4, 0.5) is 18.9 Å². The molecule has 1 saturated heterocycles. The zero-order valence-corrected chi connectivity index (χ0v) is 16.8. The van der Waals surface area contributed by atoms with Gasteiger partial charge in [-0.3, -0.25) is 9.69 Å². The highest BCUT2D eigenvalue weighted by atomic mass is 19.4. The Kier molecular flexibility index (Phi) is 6.63. The molecule has 1 aliphatic rings. The lowest BCUT2D eigenvalue weighted by Crippen LogP contribution is -2.48. The van der Waals surface area contributed by atoms with Crippen molar-refractivity contribution in [1.29, 1.82) is 0 Å². The van der Waals surface area contributed by atoms with Gasteiger partial charge < -0.3 is 4.90 Å². The third-order valence-electron chi connectivity index (χ3n) is 5.38. The van der Waals surface area contributed by atoms with E-state index in [1.54, 1.807) is 12.1 Å². The molecule has 0 bridgehead atoms. The molecule has 3 rings (SSSR count). The maximum Gasteiger partial charge on any atom is 0.416 e. The van der Waals surface area contributed by atoms with Gasteiger partial charge in [-0.05, 0) is 42.7 Å². The molecule has 0 unspecified atom stereocenters. The van der Waals surface area contributed by atoms with Crippen molar-refractivity contribution in [1.82, 2.24) is 4.90 Å². The highest BCUT2D eigenvalue weighted by molar-refractivity contribution is 5.95. The molecular formula is C23H27F3N2O. The van der Waals surface area contributed by atoms with E-state index in [1.807, 2.05) is 49.1 Å². The van der Waals surface area contributed by atoms with E-state index in [-0.39, 0.29) is 17.9 Å².